The summed E-state index contributed by atoms with van der Waals surface area (Å²) in [7, 11) is -3.68. The Bertz CT molecular complexity index is 1140. The molecule has 1 aliphatic rings. The SMILES string of the molecule is Cc1ccc(S(=O)(=O)Nc2ccccc2N2CCC(Oc3ccccn3)CC2)c(C)c1. The minimum absolute atomic E-state index is 0.102. The van der Waals surface area contributed by atoms with Gasteiger partial charge in [0.15, 0.2) is 0 Å². The van der Waals surface area contributed by atoms with E-state index in [2.05, 4.69) is 14.6 Å². The van der Waals surface area contributed by atoms with Crippen LogP contribution in [-0.2, 0) is 10.0 Å². The van der Waals surface area contributed by atoms with Crippen molar-refractivity contribution in [1.82, 2.24) is 4.98 Å². The summed E-state index contributed by atoms with van der Waals surface area (Å²) in [5.74, 6) is 0.641. The second kappa shape index (κ2) is 8.98. The third kappa shape index (κ3) is 4.99. The van der Waals surface area contributed by atoms with Gasteiger partial charge in [-0.1, -0.05) is 35.9 Å². The average Bonchev–Trinajstić information content (AvgIpc) is 2.75. The molecular formula is C24H27N3O3S. The first kappa shape index (κ1) is 21.2. The molecular weight excluding hydrogens is 410 g/mol. The van der Waals surface area contributed by atoms with Crippen LogP contribution < -0.4 is 14.4 Å². The molecule has 1 aromatic heterocycles. The first-order valence-electron chi connectivity index (χ1n) is 10.4. The number of nitrogens with zero attached hydrogens (tertiary/aromatic N) is 2. The lowest BCUT2D eigenvalue weighted by Crippen LogP contribution is -2.38. The molecule has 0 spiro atoms. The number of hydrogen-bond acceptors (Lipinski definition) is 5. The summed E-state index contributed by atoms with van der Waals surface area (Å²) < 4.78 is 34.9. The molecule has 0 amide bonds. The van der Waals surface area contributed by atoms with Crippen LogP contribution in [0.2, 0.25) is 0 Å². The summed E-state index contributed by atoms with van der Waals surface area (Å²) in [5, 5.41) is 0. The van der Waals surface area contributed by atoms with Crippen LogP contribution >= 0.6 is 0 Å². The lowest BCUT2D eigenvalue weighted by atomic mass is 10.1. The predicted molar refractivity (Wildman–Crippen MR) is 123 cm³/mol. The first-order valence-corrected chi connectivity index (χ1v) is 11.9. The molecule has 7 heteroatoms. The van der Waals surface area contributed by atoms with E-state index >= 15 is 0 Å². The van der Waals surface area contributed by atoms with Crippen LogP contribution in [0, 0.1) is 13.8 Å². The molecule has 4 rings (SSSR count). The Morgan fingerprint density at radius 2 is 1.74 bits per heavy atom. The smallest absolute Gasteiger partial charge is 0.262 e. The molecule has 162 valence electrons. The highest BCUT2D eigenvalue weighted by Gasteiger charge is 2.24. The number of rotatable bonds is 6. The van der Waals surface area contributed by atoms with Crippen LogP contribution in [0.4, 0.5) is 11.4 Å². The highest BCUT2D eigenvalue weighted by molar-refractivity contribution is 7.92. The van der Waals surface area contributed by atoms with Gasteiger partial charge in [0.25, 0.3) is 10.0 Å². The standard InChI is InChI=1S/C24H27N3O3S/c1-18-10-11-23(19(2)17-18)31(28,29)26-21-7-3-4-8-22(21)27-15-12-20(13-16-27)30-24-9-5-6-14-25-24/h3-11,14,17,20,26H,12-13,15-16H2,1-2H3. The number of ether oxygens (including phenoxy) is 1. The summed E-state index contributed by atoms with van der Waals surface area (Å²) >= 11 is 0. The summed E-state index contributed by atoms with van der Waals surface area (Å²) in [4.78, 5) is 6.74. The van der Waals surface area contributed by atoms with Gasteiger partial charge in [-0.3, -0.25) is 4.72 Å². The maximum atomic E-state index is 13.1. The molecule has 1 saturated heterocycles. The quantitative estimate of drug-likeness (QED) is 0.613. The Morgan fingerprint density at radius 3 is 2.45 bits per heavy atom. The van der Waals surface area contributed by atoms with E-state index in [9.17, 15) is 8.42 Å². The third-order valence-electron chi connectivity index (χ3n) is 5.48. The molecule has 6 nitrogen and oxygen atoms in total. The number of nitrogens with one attached hydrogen (secondary N) is 1. The van der Waals surface area contributed by atoms with Crippen LogP contribution in [0.1, 0.15) is 24.0 Å². The van der Waals surface area contributed by atoms with E-state index in [0.717, 1.165) is 42.7 Å². The molecule has 1 fully saturated rings. The second-order valence-electron chi connectivity index (χ2n) is 7.86. The van der Waals surface area contributed by atoms with Crippen LogP contribution in [0.3, 0.4) is 0 Å². The molecule has 0 saturated carbocycles. The zero-order chi connectivity index (χ0) is 21.8. The van der Waals surface area contributed by atoms with Gasteiger partial charge >= 0.3 is 0 Å². The molecule has 0 bridgehead atoms. The highest BCUT2D eigenvalue weighted by Crippen LogP contribution is 2.31. The molecule has 1 aliphatic heterocycles. The van der Waals surface area contributed by atoms with Crippen molar-refractivity contribution >= 4 is 21.4 Å². The van der Waals surface area contributed by atoms with E-state index in [-0.39, 0.29) is 6.10 Å². The summed E-state index contributed by atoms with van der Waals surface area (Å²) in [6.45, 7) is 5.33. The van der Waals surface area contributed by atoms with Crippen molar-refractivity contribution in [3.63, 3.8) is 0 Å². The number of piperidine rings is 1. The third-order valence-corrected chi connectivity index (χ3v) is 7.00. The maximum Gasteiger partial charge on any atom is 0.262 e. The monoisotopic (exact) mass is 437 g/mol. The number of benzene rings is 2. The van der Waals surface area contributed by atoms with Crippen molar-refractivity contribution in [2.24, 2.45) is 0 Å². The van der Waals surface area contributed by atoms with Gasteiger partial charge in [0.05, 0.1) is 16.3 Å². The zero-order valence-electron chi connectivity index (χ0n) is 17.8. The van der Waals surface area contributed by atoms with E-state index in [1.165, 1.54) is 0 Å². The average molecular weight is 438 g/mol. The minimum Gasteiger partial charge on any atom is -0.474 e. The van der Waals surface area contributed by atoms with Crippen LogP contribution in [0.15, 0.2) is 71.8 Å². The highest BCUT2D eigenvalue weighted by atomic mass is 32.2. The number of aryl methyl sites for hydroxylation is 2. The van der Waals surface area contributed by atoms with E-state index in [1.807, 2.05) is 68.4 Å². The van der Waals surface area contributed by atoms with Crippen LogP contribution in [0.5, 0.6) is 5.88 Å². The topological polar surface area (TPSA) is 71.5 Å². The summed E-state index contributed by atoms with van der Waals surface area (Å²) in [6, 6.07) is 18.6. The molecule has 0 aliphatic carbocycles. The van der Waals surface area contributed by atoms with Gasteiger partial charge in [0.2, 0.25) is 5.88 Å². The van der Waals surface area contributed by atoms with Gasteiger partial charge < -0.3 is 9.64 Å². The van der Waals surface area contributed by atoms with Crippen molar-refractivity contribution in [3.05, 3.63) is 78.0 Å². The van der Waals surface area contributed by atoms with Gasteiger partial charge in [-0.15, -0.1) is 0 Å². The Balaban J connectivity index is 1.48. The lowest BCUT2D eigenvalue weighted by Gasteiger charge is -2.34. The fourth-order valence-corrected chi connectivity index (χ4v) is 5.24. The molecule has 2 aromatic carbocycles. The van der Waals surface area contributed by atoms with Crippen molar-refractivity contribution in [1.29, 1.82) is 0 Å². The number of para-hydroxylation sites is 2. The number of pyridine rings is 1. The Labute approximate surface area is 183 Å². The molecule has 0 atom stereocenters. The van der Waals surface area contributed by atoms with Crippen molar-refractivity contribution in [3.8, 4) is 5.88 Å². The number of hydrogen-bond donors (Lipinski definition) is 1. The molecule has 3 aromatic rings. The Kier molecular flexibility index (Phi) is 6.13. The molecule has 2 heterocycles. The molecule has 0 radical (unpaired) electrons. The van der Waals surface area contributed by atoms with Crippen LogP contribution in [0.25, 0.3) is 0 Å². The molecule has 1 N–H and O–H groups in total. The van der Waals surface area contributed by atoms with Gasteiger partial charge in [-0.05, 0) is 43.7 Å². The van der Waals surface area contributed by atoms with Gasteiger partial charge in [0, 0.05) is 38.2 Å². The second-order valence-corrected chi connectivity index (χ2v) is 9.51. The number of anilines is 2. The van der Waals surface area contributed by atoms with Crippen molar-refractivity contribution < 1.29 is 13.2 Å². The minimum atomic E-state index is -3.68. The fraction of sp³-hybridized carbons (Fsp3) is 0.292. The van der Waals surface area contributed by atoms with Gasteiger partial charge in [0.1, 0.15) is 6.10 Å². The lowest BCUT2D eigenvalue weighted by molar-refractivity contribution is 0.164. The van der Waals surface area contributed by atoms with Crippen LogP contribution in [-0.4, -0.2) is 32.6 Å². The van der Waals surface area contributed by atoms with Crippen molar-refractivity contribution in [2.75, 3.05) is 22.7 Å². The molecule has 31 heavy (non-hydrogen) atoms. The normalized spacial score (nSPS) is 15.0. The maximum absolute atomic E-state index is 13.1. The zero-order valence-corrected chi connectivity index (χ0v) is 18.6. The predicted octanol–water partition coefficient (Wildman–Crippen LogP) is 4.55. The van der Waals surface area contributed by atoms with Gasteiger partial charge in [-0.2, -0.15) is 0 Å². The summed E-state index contributed by atoms with van der Waals surface area (Å²) in [6.07, 6.45) is 3.51. The van der Waals surface area contributed by atoms with E-state index in [4.69, 9.17) is 4.74 Å². The van der Waals surface area contributed by atoms with Crippen molar-refractivity contribution in [2.45, 2.75) is 37.7 Å². The Hall–Kier alpha value is -3.06. The van der Waals surface area contributed by atoms with Gasteiger partial charge in [-0.25, -0.2) is 13.4 Å². The summed E-state index contributed by atoms with van der Waals surface area (Å²) in [5.41, 5.74) is 3.24. The van der Waals surface area contributed by atoms with E-state index < -0.39 is 10.0 Å². The number of sulfonamides is 1. The van der Waals surface area contributed by atoms with E-state index in [1.54, 1.807) is 12.3 Å². The first-order chi connectivity index (χ1) is 14.9. The largest absolute Gasteiger partial charge is 0.474 e. The fourth-order valence-electron chi connectivity index (χ4n) is 3.94. The number of aromatic nitrogens is 1. The molecule has 0 unspecified atom stereocenters. The van der Waals surface area contributed by atoms with E-state index in [0.29, 0.717) is 16.5 Å². The Morgan fingerprint density at radius 1 is 1.00 bits per heavy atom.